The summed E-state index contributed by atoms with van der Waals surface area (Å²) in [4.78, 5) is 27.4. The number of nitrogens with one attached hydrogen (secondary N) is 1. The van der Waals surface area contributed by atoms with Crippen molar-refractivity contribution in [2.24, 2.45) is 0 Å². The van der Waals surface area contributed by atoms with Crippen molar-refractivity contribution < 1.29 is 14.3 Å². The summed E-state index contributed by atoms with van der Waals surface area (Å²) in [6.07, 6.45) is 3.02. The standard InChI is InChI=1S/C26H19Cl2NO3S/c1-2-32-20-11-12-21-25(13-20)33-26(15-24(31)17-5-9-19(28)10-6-17)22(29-21)14-23(30)16-3-7-18(27)8-4-16/h3-15,29H,2H2,1H3/b22-14-,26-15-. The van der Waals surface area contributed by atoms with Gasteiger partial charge in [-0.15, -0.1) is 0 Å². The number of hydrogen-bond donors (Lipinski definition) is 1. The van der Waals surface area contributed by atoms with E-state index in [0.29, 0.717) is 38.4 Å². The maximum absolute atomic E-state index is 12.9. The van der Waals surface area contributed by atoms with E-state index in [1.165, 1.54) is 23.9 Å². The van der Waals surface area contributed by atoms with Crippen molar-refractivity contribution in [2.75, 3.05) is 11.9 Å². The van der Waals surface area contributed by atoms with E-state index in [2.05, 4.69) is 5.32 Å². The first kappa shape index (κ1) is 23.2. The van der Waals surface area contributed by atoms with Gasteiger partial charge in [-0.2, -0.15) is 0 Å². The van der Waals surface area contributed by atoms with Crippen LogP contribution in [0, 0.1) is 0 Å². The van der Waals surface area contributed by atoms with E-state index in [1.54, 1.807) is 48.5 Å². The number of halogens is 2. The highest BCUT2D eigenvalue weighted by Crippen LogP contribution is 2.44. The predicted octanol–water partition coefficient (Wildman–Crippen LogP) is 7.44. The number of benzene rings is 3. The highest BCUT2D eigenvalue weighted by Gasteiger charge is 2.21. The lowest BCUT2D eigenvalue weighted by Gasteiger charge is -2.23. The number of anilines is 1. The molecule has 1 aliphatic rings. The summed E-state index contributed by atoms with van der Waals surface area (Å²) >= 11 is 13.3. The van der Waals surface area contributed by atoms with Crippen molar-refractivity contribution in [3.8, 4) is 5.75 Å². The van der Waals surface area contributed by atoms with Crippen molar-refractivity contribution in [1.82, 2.24) is 0 Å². The fourth-order valence-corrected chi connectivity index (χ4v) is 4.47. The maximum Gasteiger partial charge on any atom is 0.187 e. The number of rotatable bonds is 6. The molecule has 1 aliphatic heterocycles. The molecule has 1 N–H and O–H groups in total. The van der Waals surface area contributed by atoms with Crippen molar-refractivity contribution >= 4 is 52.2 Å². The van der Waals surface area contributed by atoms with Gasteiger partial charge in [0.05, 0.1) is 18.0 Å². The number of fused-ring (bicyclic) bond motifs is 1. The second kappa shape index (κ2) is 10.3. The van der Waals surface area contributed by atoms with E-state index in [0.717, 1.165) is 16.3 Å². The molecule has 0 saturated heterocycles. The first-order valence-electron chi connectivity index (χ1n) is 10.2. The number of ketones is 2. The summed E-state index contributed by atoms with van der Waals surface area (Å²) in [5.74, 6) is 0.345. The number of thioether (sulfide) groups is 1. The van der Waals surface area contributed by atoms with E-state index in [9.17, 15) is 9.59 Å². The van der Waals surface area contributed by atoms with E-state index in [-0.39, 0.29) is 11.6 Å². The number of carbonyl (C=O) groups is 2. The summed E-state index contributed by atoms with van der Waals surface area (Å²) in [6.45, 7) is 2.47. The third-order valence-corrected chi connectivity index (χ3v) is 6.43. The quantitative estimate of drug-likeness (QED) is 0.284. The van der Waals surface area contributed by atoms with Gasteiger partial charge in [0.25, 0.3) is 0 Å². The SMILES string of the molecule is CCOc1ccc2c(c1)SC(=C\C(=O)c1ccc(Cl)cc1)/C(=C/C(=O)c1ccc(Cl)cc1)N2. The summed E-state index contributed by atoms with van der Waals surface area (Å²) in [5.41, 5.74) is 2.37. The largest absolute Gasteiger partial charge is 0.494 e. The van der Waals surface area contributed by atoms with Crippen molar-refractivity contribution in [2.45, 2.75) is 11.8 Å². The van der Waals surface area contributed by atoms with E-state index in [1.807, 2.05) is 25.1 Å². The second-order valence-corrected chi connectivity index (χ2v) is 9.08. The molecule has 3 aromatic rings. The summed E-state index contributed by atoms with van der Waals surface area (Å²) in [5, 5.41) is 4.40. The zero-order chi connectivity index (χ0) is 23.4. The average Bonchev–Trinajstić information content (AvgIpc) is 2.80. The Bertz CT molecular complexity index is 1270. The summed E-state index contributed by atoms with van der Waals surface area (Å²) in [7, 11) is 0. The second-order valence-electron chi connectivity index (χ2n) is 7.13. The van der Waals surface area contributed by atoms with Gasteiger partial charge in [0, 0.05) is 43.1 Å². The van der Waals surface area contributed by atoms with Crippen LogP contribution in [0.3, 0.4) is 0 Å². The van der Waals surface area contributed by atoms with Crippen LogP contribution >= 0.6 is 35.0 Å². The summed E-state index contributed by atoms with van der Waals surface area (Å²) in [6, 6.07) is 19.0. The molecule has 0 atom stereocenters. The molecular formula is C26H19Cl2NO3S. The van der Waals surface area contributed by atoms with E-state index < -0.39 is 0 Å². The third-order valence-electron chi connectivity index (χ3n) is 4.81. The highest BCUT2D eigenvalue weighted by atomic mass is 35.5. The van der Waals surface area contributed by atoms with Crippen molar-refractivity contribution in [3.63, 3.8) is 0 Å². The Morgan fingerprint density at radius 3 is 2.03 bits per heavy atom. The van der Waals surface area contributed by atoms with Gasteiger partial charge in [-0.3, -0.25) is 9.59 Å². The topological polar surface area (TPSA) is 55.4 Å². The number of hydrogen-bond acceptors (Lipinski definition) is 5. The zero-order valence-corrected chi connectivity index (χ0v) is 19.9. The van der Waals surface area contributed by atoms with Crippen LogP contribution in [0.1, 0.15) is 27.6 Å². The van der Waals surface area contributed by atoms with Crippen molar-refractivity contribution in [3.05, 3.63) is 111 Å². The first-order chi connectivity index (χ1) is 15.9. The van der Waals surface area contributed by atoms with Crippen LogP contribution in [0.5, 0.6) is 5.75 Å². The molecule has 166 valence electrons. The van der Waals surface area contributed by atoms with Gasteiger partial charge in [-0.05, 0) is 73.7 Å². The molecule has 7 heteroatoms. The van der Waals surface area contributed by atoms with Gasteiger partial charge in [0.2, 0.25) is 0 Å². The van der Waals surface area contributed by atoms with E-state index >= 15 is 0 Å². The molecule has 0 bridgehead atoms. The van der Waals surface area contributed by atoms with Crippen molar-refractivity contribution in [1.29, 1.82) is 0 Å². The molecule has 4 nitrogen and oxygen atoms in total. The summed E-state index contributed by atoms with van der Waals surface area (Å²) < 4.78 is 5.61. The van der Waals surface area contributed by atoms with Crippen LogP contribution in [0.15, 0.2) is 94.4 Å². The predicted molar refractivity (Wildman–Crippen MR) is 135 cm³/mol. The maximum atomic E-state index is 12.9. The average molecular weight is 496 g/mol. The zero-order valence-electron chi connectivity index (χ0n) is 17.6. The monoisotopic (exact) mass is 495 g/mol. The van der Waals surface area contributed by atoms with Crippen LogP contribution in [-0.4, -0.2) is 18.2 Å². The first-order valence-corrected chi connectivity index (χ1v) is 11.8. The van der Waals surface area contributed by atoms with Gasteiger partial charge in [-0.1, -0.05) is 35.0 Å². The van der Waals surface area contributed by atoms with Crippen LogP contribution in [0.4, 0.5) is 5.69 Å². The minimum absolute atomic E-state index is 0.190. The fourth-order valence-electron chi connectivity index (χ4n) is 3.19. The molecule has 33 heavy (non-hydrogen) atoms. The number of carbonyl (C=O) groups excluding carboxylic acids is 2. The fraction of sp³-hybridized carbons (Fsp3) is 0.0769. The Morgan fingerprint density at radius 1 is 0.879 bits per heavy atom. The van der Waals surface area contributed by atoms with Gasteiger partial charge < -0.3 is 10.1 Å². The third kappa shape index (κ3) is 5.69. The molecule has 0 spiro atoms. The minimum atomic E-state index is -0.200. The lowest BCUT2D eigenvalue weighted by atomic mass is 10.1. The molecule has 0 amide bonds. The molecule has 0 aromatic heterocycles. The van der Waals surface area contributed by atoms with Gasteiger partial charge >= 0.3 is 0 Å². The number of ether oxygens (including phenoxy) is 1. The molecule has 0 aliphatic carbocycles. The van der Waals surface area contributed by atoms with Gasteiger partial charge in [0.15, 0.2) is 11.6 Å². The van der Waals surface area contributed by atoms with Crippen LogP contribution in [-0.2, 0) is 0 Å². The molecule has 1 heterocycles. The Labute approximate surface area is 206 Å². The molecule has 3 aromatic carbocycles. The Hall–Kier alpha value is -2.99. The molecule has 0 radical (unpaired) electrons. The highest BCUT2D eigenvalue weighted by molar-refractivity contribution is 8.03. The van der Waals surface area contributed by atoms with Crippen LogP contribution in [0.25, 0.3) is 0 Å². The molecule has 0 fully saturated rings. The molecular weight excluding hydrogens is 477 g/mol. The normalized spacial score (nSPS) is 15.1. The molecule has 4 rings (SSSR count). The Kier molecular flexibility index (Phi) is 7.23. The lowest BCUT2D eigenvalue weighted by Crippen LogP contribution is -2.11. The number of allylic oxidation sites excluding steroid dienone is 2. The minimum Gasteiger partial charge on any atom is -0.494 e. The Morgan fingerprint density at radius 2 is 1.45 bits per heavy atom. The molecule has 0 saturated carbocycles. The lowest BCUT2D eigenvalue weighted by molar-refractivity contribution is 0.103. The van der Waals surface area contributed by atoms with Gasteiger partial charge in [0.1, 0.15) is 5.75 Å². The smallest absolute Gasteiger partial charge is 0.187 e. The van der Waals surface area contributed by atoms with Crippen LogP contribution < -0.4 is 10.1 Å². The van der Waals surface area contributed by atoms with E-state index in [4.69, 9.17) is 27.9 Å². The molecule has 0 unspecified atom stereocenters. The van der Waals surface area contributed by atoms with Crippen LogP contribution in [0.2, 0.25) is 10.0 Å². The Balaban J connectivity index is 1.72. The van der Waals surface area contributed by atoms with Gasteiger partial charge in [-0.25, -0.2) is 0 Å².